The lowest BCUT2D eigenvalue weighted by Gasteiger charge is -2.01. The van der Waals surface area contributed by atoms with Crippen molar-refractivity contribution in [3.63, 3.8) is 0 Å². The number of aromatic amines is 1. The first kappa shape index (κ1) is 8.62. The van der Waals surface area contributed by atoms with Gasteiger partial charge in [-0.15, -0.1) is 0 Å². The molecular formula is C10H10N2O2. The quantitative estimate of drug-likeness (QED) is 0.600. The van der Waals surface area contributed by atoms with Crippen LogP contribution in [0.5, 0.6) is 11.5 Å². The molecule has 1 aromatic carbocycles. The summed E-state index contributed by atoms with van der Waals surface area (Å²) in [5, 5.41) is 18.8. The Labute approximate surface area is 80.9 Å². The number of aromatic hydroxyl groups is 2. The standard InChI is InChI=1S/C10H10N2O2/c1-6-5-11-10(12-6)8-4-7(13)2-3-9(8)14/h2-5,13-14H,1H3,(H,11,12). The highest BCUT2D eigenvalue weighted by Crippen LogP contribution is 2.29. The molecule has 0 bridgehead atoms. The average molecular weight is 190 g/mol. The SMILES string of the molecule is Cc1c[nH]c(-c2cc(O)ccc2O)n1. The lowest BCUT2D eigenvalue weighted by atomic mass is 10.2. The molecule has 1 heterocycles. The number of rotatable bonds is 1. The van der Waals surface area contributed by atoms with Crippen molar-refractivity contribution in [1.82, 2.24) is 9.97 Å². The van der Waals surface area contributed by atoms with Crippen LogP contribution in [0.4, 0.5) is 0 Å². The Kier molecular flexibility index (Phi) is 1.89. The van der Waals surface area contributed by atoms with Gasteiger partial charge in [0.15, 0.2) is 0 Å². The predicted molar refractivity (Wildman–Crippen MR) is 52.1 cm³/mol. The van der Waals surface area contributed by atoms with Gasteiger partial charge in [0.25, 0.3) is 0 Å². The van der Waals surface area contributed by atoms with Crippen LogP contribution in [0.25, 0.3) is 11.4 Å². The maximum absolute atomic E-state index is 9.53. The Bertz CT molecular complexity index is 463. The maximum atomic E-state index is 9.53. The van der Waals surface area contributed by atoms with Gasteiger partial charge in [-0.1, -0.05) is 0 Å². The van der Waals surface area contributed by atoms with Crippen molar-refractivity contribution in [3.8, 4) is 22.9 Å². The molecule has 14 heavy (non-hydrogen) atoms. The molecule has 72 valence electrons. The van der Waals surface area contributed by atoms with Crippen molar-refractivity contribution in [2.75, 3.05) is 0 Å². The summed E-state index contributed by atoms with van der Waals surface area (Å²) in [5.74, 6) is 0.750. The molecule has 0 aliphatic heterocycles. The van der Waals surface area contributed by atoms with Crippen LogP contribution in [-0.4, -0.2) is 20.2 Å². The monoisotopic (exact) mass is 190 g/mol. The lowest BCUT2D eigenvalue weighted by molar-refractivity contribution is 0.461. The maximum Gasteiger partial charge on any atom is 0.141 e. The molecule has 0 aliphatic rings. The highest BCUT2D eigenvalue weighted by Gasteiger charge is 2.07. The minimum absolute atomic E-state index is 0.0946. The van der Waals surface area contributed by atoms with Crippen LogP contribution in [-0.2, 0) is 0 Å². The summed E-state index contributed by atoms with van der Waals surface area (Å²) in [5.41, 5.74) is 1.33. The second kappa shape index (κ2) is 3.06. The summed E-state index contributed by atoms with van der Waals surface area (Å²) in [6.07, 6.45) is 1.73. The molecule has 2 rings (SSSR count). The summed E-state index contributed by atoms with van der Waals surface area (Å²) in [6.45, 7) is 1.85. The molecule has 4 heteroatoms. The van der Waals surface area contributed by atoms with Crippen LogP contribution in [0, 0.1) is 6.92 Å². The van der Waals surface area contributed by atoms with Gasteiger partial charge in [-0.25, -0.2) is 4.98 Å². The number of imidazole rings is 1. The Hall–Kier alpha value is -1.97. The van der Waals surface area contributed by atoms with E-state index < -0.39 is 0 Å². The van der Waals surface area contributed by atoms with Crippen molar-refractivity contribution in [2.24, 2.45) is 0 Å². The molecule has 4 nitrogen and oxygen atoms in total. The molecule has 0 fully saturated rings. The van der Waals surface area contributed by atoms with Crippen molar-refractivity contribution in [1.29, 1.82) is 0 Å². The lowest BCUT2D eigenvalue weighted by Crippen LogP contribution is -1.81. The Morgan fingerprint density at radius 3 is 2.71 bits per heavy atom. The minimum Gasteiger partial charge on any atom is -0.508 e. The highest BCUT2D eigenvalue weighted by atomic mass is 16.3. The van der Waals surface area contributed by atoms with Crippen LogP contribution in [0.15, 0.2) is 24.4 Å². The number of H-pyrrole nitrogens is 1. The Balaban J connectivity index is 2.55. The van der Waals surface area contributed by atoms with Gasteiger partial charge in [-0.2, -0.15) is 0 Å². The third-order valence-electron chi connectivity index (χ3n) is 1.94. The van der Waals surface area contributed by atoms with E-state index in [1.54, 1.807) is 6.20 Å². The number of aryl methyl sites for hydroxylation is 1. The predicted octanol–water partition coefficient (Wildman–Crippen LogP) is 1.80. The van der Waals surface area contributed by atoms with E-state index in [0.717, 1.165) is 5.69 Å². The van der Waals surface area contributed by atoms with Crippen LogP contribution in [0.1, 0.15) is 5.69 Å². The van der Waals surface area contributed by atoms with E-state index >= 15 is 0 Å². The zero-order valence-corrected chi connectivity index (χ0v) is 7.65. The fourth-order valence-corrected chi connectivity index (χ4v) is 1.27. The van der Waals surface area contributed by atoms with E-state index in [2.05, 4.69) is 9.97 Å². The van der Waals surface area contributed by atoms with Crippen molar-refractivity contribution >= 4 is 0 Å². The zero-order valence-electron chi connectivity index (χ0n) is 7.65. The van der Waals surface area contributed by atoms with Gasteiger partial charge >= 0.3 is 0 Å². The van der Waals surface area contributed by atoms with E-state index in [-0.39, 0.29) is 11.5 Å². The second-order valence-electron chi connectivity index (χ2n) is 3.09. The van der Waals surface area contributed by atoms with Crippen LogP contribution in [0.3, 0.4) is 0 Å². The van der Waals surface area contributed by atoms with Crippen molar-refractivity contribution in [2.45, 2.75) is 6.92 Å². The van der Waals surface area contributed by atoms with E-state index in [4.69, 9.17) is 0 Å². The van der Waals surface area contributed by atoms with E-state index in [1.807, 2.05) is 6.92 Å². The van der Waals surface area contributed by atoms with Crippen LogP contribution >= 0.6 is 0 Å². The largest absolute Gasteiger partial charge is 0.508 e. The number of hydrogen-bond donors (Lipinski definition) is 3. The molecule has 3 N–H and O–H groups in total. The molecule has 0 amide bonds. The summed E-state index contributed by atoms with van der Waals surface area (Å²) in [4.78, 5) is 7.06. The van der Waals surface area contributed by atoms with Crippen LogP contribution < -0.4 is 0 Å². The topological polar surface area (TPSA) is 69.1 Å². The third-order valence-corrected chi connectivity index (χ3v) is 1.94. The molecule has 1 aromatic heterocycles. The highest BCUT2D eigenvalue weighted by molar-refractivity contribution is 5.65. The normalized spacial score (nSPS) is 10.4. The zero-order chi connectivity index (χ0) is 10.1. The second-order valence-corrected chi connectivity index (χ2v) is 3.09. The number of nitrogens with zero attached hydrogens (tertiary/aromatic N) is 1. The van der Waals surface area contributed by atoms with Gasteiger partial charge in [0, 0.05) is 6.20 Å². The number of phenols is 2. The first-order chi connectivity index (χ1) is 6.66. The van der Waals surface area contributed by atoms with Gasteiger partial charge in [0.05, 0.1) is 11.3 Å². The third kappa shape index (κ3) is 1.42. The molecule has 0 saturated carbocycles. The summed E-state index contributed by atoms with van der Waals surface area (Å²) in [6, 6.07) is 4.32. The van der Waals surface area contributed by atoms with Gasteiger partial charge in [-0.3, -0.25) is 0 Å². The minimum atomic E-state index is 0.0946. The molecule has 0 aliphatic carbocycles. The molecule has 2 aromatic rings. The first-order valence-electron chi connectivity index (χ1n) is 4.21. The fraction of sp³-hybridized carbons (Fsp3) is 0.100. The number of phenolic OH excluding ortho intramolecular Hbond substituents is 2. The van der Waals surface area contributed by atoms with Crippen LogP contribution in [0.2, 0.25) is 0 Å². The number of aromatic nitrogens is 2. The molecular weight excluding hydrogens is 180 g/mol. The van der Waals surface area contributed by atoms with E-state index in [1.165, 1.54) is 18.2 Å². The average Bonchev–Trinajstić information content (AvgIpc) is 2.56. The fourth-order valence-electron chi connectivity index (χ4n) is 1.27. The van der Waals surface area contributed by atoms with Gasteiger partial charge in [-0.05, 0) is 25.1 Å². The first-order valence-corrected chi connectivity index (χ1v) is 4.21. The molecule has 0 unspecified atom stereocenters. The molecule has 0 saturated heterocycles. The number of benzene rings is 1. The van der Waals surface area contributed by atoms with Gasteiger partial charge in [0.2, 0.25) is 0 Å². The number of nitrogens with one attached hydrogen (secondary N) is 1. The van der Waals surface area contributed by atoms with E-state index in [9.17, 15) is 10.2 Å². The smallest absolute Gasteiger partial charge is 0.141 e. The molecule has 0 spiro atoms. The van der Waals surface area contributed by atoms with E-state index in [0.29, 0.717) is 11.4 Å². The van der Waals surface area contributed by atoms with Crippen molar-refractivity contribution < 1.29 is 10.2 Å². The Morgan fingerprint density at radius 2 is 2.07 bits per heavy atom. The molecule has 0 radical (unpaired) electrons. The summed E-state index contributed by atoms with van der Waals surface area (Å²) >= 11 is 0. The summed E-state index contributed by atoms with van der Waals surface area (Å²) < 4.78 is 0. The van der Waals surface area contributed by atoms with Gasteiger partial charge < -0.3 is 15.2 Å². The summed E-state index contributed by atoms with van der Waals surface area (Å²) in [7, 11) is 0. The molecule has 0 atom stereocenters. The van der Waals surface area contributed by atoms with Gasteiger partial charge in [0.1, 0.15) is 17.3 Å². The van der Waals surface area contributed by atoms with Crippen molar-refractivity contribution in [3.05, 3.63) is 30.1 Å². The Morgan fingerprint density at radius 1 is 1.29 bits per heavy atom. The number of hydrogen-bond acceptors (Lipinski definition) is 3.